The van der Waals surface area contributed by atoms with Gasteiger partial charge >= 0.3 is 67.9 Å². The molecule has 0 nitrogen and oxygen atoms in total. The second-order valence-corrected chi connectivity index (χ2v) is 3.50. The van der Waals surface area contributed by atoms with Crippen LogP contribution >= 0.6 is 12.2 Å². The van der Waals surface area contributed by atoms with E-state index < -0.39 is 0 Å². The molecule has 0 bridgehead atoms. The fourth-order valence-corrected chi connectivity index (χ4v) is 0.996. The van der Waals surface area contributed by atoms with Crippen LogP contribution < -0.4 is 0 Å². The molecule has 0 amide bonds. The zero-order valence-electron chi connectivity index (χ0n) is 4.70. The second-order valence-electron chi connectivity index (χ2n) is 1.65. The van der Waals surface area contributed by atoms with Crippen molar-refractivity contribution in [2.75, 3.05) is 0 Å². The van der Waals surface area contributed by atoms with Crippen molar-refractivity contribution in [2.45, 2.75) is 0 Å². The van der Waals surface area contributed by atoms with Gasteiger partial charge in [-0.1, -0.05) is 0 Å². The summed E-state index contributed by atoms with van der Waals surface area (Å²) in [5.74, 6) is 0. The fraction of sp³-hybridized carbons (Fsp3) is 0. The molecule has 0 aliphatic rings. The molecule has 0 unspecified atom stereocenters. The minimum atomic E-state index is 0.829. The Labute approximate surface area is 68.1 Å². The Balaban J connectivity index is 2.98. The summed E-state index contributed by atoms with van der Waals surface area (Å²) in [6.45, 7) is 0. The van der Waals surface area contributed by atoms with Crippen molar-refractivity contribution in [2.24, 2.45) is 0 Å². The number of hydrogen-bond donors (Lipinski definition) is 0. The zero-order valence-corrected chi connectivity index (χ0v) is 7.23. The molecule has 0 spiro atoms. The summed E-state index contributed by atoms with van der Waals surface area (Å²) in [6.07, 6.45) is 0. The van der Waals surface area contributed by atoms with E-state index >= 15 is 0 Å². The van der Waals surface area contributed by atoms with Gasteiger partial charge < -0.3 is 0 Å². The average molecular weight is 200 g/mol. The molecule has 1 aromatic rings. The van der Waals surface area contributed by atoms with Gasteiger partial charge in [-0.3, -0.25) is 0 Å². The Morgan fingerprint density at radius 1 is 1.22 bits per heavy atom. The molecule has 9 heavy (non-hydrogen) atoms. The SMILES string of the molecule is S=C([Se-])c1ccccc1. The zero-order chi connectivity index (χ0) is 6.69. The van der Waals surface area contributed by atoms with Crippen LogP contribution in [0.2, 0.25) is 0 Å². The summed E-state index contributed by atoms with van der Waals surface area (Å²) in [6, 6.07) is 9.89. The summed E-state index contributed by atoms with van der Waals surface area (Å²) >= 11 is 7.69. The van der Waals surface area contributed by atoms with E-state index in [0.717, 1.165) is 9.33 Å². The number of hydrogen-bond acceptors (Lipinski definition) is 1. The molecule has 46 valence electrons. The van der Waals surface area contributed by atoms with Crippen LogP contribution in [0.4, 0.5) is 0 Å². The summed E-state index contributed by atoms with van der Waals surface area (Å²) < 4.78 is 0.829. The predicted octanol–water partition coefficient (Wildman–Crippen LogP) is 1.53. The molecule has 0 heterocycles. The van der Waals surface area contributed by atoms with Gasteiger partial charge in [0, 0.05) is 0 Å². The molecule has 0 saturated carbocycles. The van der Waals surface area contributed by atoms with Crippen molar-refractivity contribution in [3.63, 3.8) is 0 Å². The topological polar surface area (TPSA) is 0 Å². The van der Waals surface area contributed by atoms with Crippen molar-refractivity contribution >= 4 is 32.0 Å². The first kappa shape index (κ1) is 6.94. The third-order valence-corrected chi connectivity index (χ3v) is 1.74. The van der Waals surface area contributed by atoms with Crippen LogP contribution in [0.3, 0.4) is 0 Å². The Kier molecular flexibility index (Phi) is 2.40. The molecule has 0 atom stereocenters. The maximum atomic E-state index is 4.91. The van der Waals surface area contributed by atoms with Gasteiger partial charge in [0.2, 0.25) is 0 Å². The van der Waals surface area contributed by atoms with Crippen LogP contribution in [-0.2, 0) is 0 Å². The Bertz CT molecular complexity index is 205. The Hall–Kier alpha value is -0.171. The molecule has 0 aliphatic carbocycles. The number of benzene rings is 1. The van der Waals surface area contributed by atoms with Crippen molar-refractivity contribution in [3.8, 4) is 0 Å². The van der Waals surface area contributed by atoms with Crippen molar-refractivity contribution < 1.29 is 0 Å². The summed E-state index contributed by atoms with van der Waals surface area (Å²) in [7, 11) is 0. The second kappa shape index (κ2) is 3.11. The van der Waals surface area contributed by atoms with E-state index in [2.05, 4.69) is 16.0 Å². The van der Waals surface area contributed by atoms with Crippen LogP contribution in [0.1, 0.15) is 5.56 Å². The van der Waals surface area contributed by atoms with E-state index in [-0.39, 0.29) is 0 Å². The van der Waals surface area contributed by atoms with Gasteiger partial charge in [0.15, 0.2) is 0 Å². The van der Waals surface area contributed by atoms with Crippen LogP contribution in [0, 0.1) is 0 Å². The van der Waals surface area contributed by atoms with E-state index in [1.54, 1.807) is 0 Å². The molecule has 0 saturated heterocycles. The first-order valence-corrected chi connectivity index (χ1v) is 3.83. The third-order valence-electron chi connectivity index (χ3n) is 1.01. The van der Waals surface area contributed by atoms with Gasteiger partial charge in [0.25, 0.3) is 0 Å². The molecule has 2 heteroatoms. The van der Waals surface area contributed by atoms with E-state index in [1.165, 1.54) is 0 Å². The minimum absolute atomic E-state index is 0.829. The van der Waals surface area contributed by atoms with Crippen LogP contribution in [0.25, 0.3) is 0 Å². The number of thiocarbonyl (C=S) groups is 1. The molecule has 0 fully saturated rings. The van der Waals surface area contributed by atoms with E-state index in [1.807, 2.05) is 30.3 Å². The first-order valence-electron chi connectivity index (χ1n) is 2.57. The quantitative estimate of drug-likeness (QED) is 0.489. The van der Waals surface area contributed by atoms with E-state index in [9.17, 15) is 0 Å². The van der Waals surface area contributed by atoms with Gasteiger partial charge in [-0.2, -0.15) is 0 Å². The summed E-state index contributed by atoms with van der Waals surface area (Å²) in [4.78, 5) is 0. The number of rotatable bonds is 1. The molecule has 0 N–H and O–H groups in total. The van der Waals surface area contributed by atoms with Gasteiger partial charge in [-0.15, -0.1) is 0 Å². The van der Waals surface area contributed by atoms with Crippen LogP contribution in [0.15, 0.2) is 30.3 Å². The fourth-order valence-electron chi connectivity index (χ4n) is 0.574. The monoisotopic (exact) mass is 201 g/mol. The van der Waals surface area contributed by atoms with Gasteiger partial charge in [-0.05, 0) is 0 Å². The predicted molar refractivity (Wildman–Crippen MR) is 43.9 cm³/mol. The van der Waals surface area contributed by atoms with Gasteiger partial charge in [0.1, 0.15) is 0 Å². The molecule has 1 aromatic carbocycles. The van der Waals surface area contributed by atoms with Crippen LogP contribution in [0.5, 0.6) is 0 Å². The van der Waals surface area contributed by atoms with Crippen molar-refractivity contribution in [3.05, 3.63) is 35.9 Å². The molecule has 0 radical (unpaired) electrons. The van der Waals surface area contributed by atoms with Gasteiger partial charge in [-0.25, -0.2) is 0 Å². The molecule has 1 rings (SSSR count). The normalized spacial score (nSPS) is 8.89. The van der Waals surface area contributed by atoms with E-state index in [0.29, 0.717) is 0 Å². The molecular formula is C7H5SSe-. The Morgan fingerprint density at radius 3 is 2.11 bits per heavy atom. The third kappa shape index (κ3) is 1.90. The van der Waals surface area contributed by atoms with Crippen molar-refractivity contribution in [1.82, 2.24) is 0 Å². The standard InChI is InChI=1S/C7H6SSe/c8-7(9)6-4-2-1-3-5-6/h1-5H,(H,8,9)/p-1. The summed E-state index contributed by atoms with van der Waals surface area (Å²) in [5, 5.41) is 0. The molecule has 0 aromatic heterocycles. The molecular weight excluding hydrogens is 195 g/mol. The average Bonchev–Trinajstić information content (AvgIpc) is 1.90. The van der Waals surface area contributed by atoms with Crippen LogP contribution in [-0.4, -0.2) is 19.8 Å². The maximum absolute atomic E-state index is 4.91. The first-order chi connectivity index (χ1) is 4.30. The Morgan fingerprint density at radius 2 is 1.78 bits per heavy atom. The van der Waals surface area contributed by atoms with E-state index in [4.69, 9.17) is 12.2 Å². The summed E-state index contributed by atoms with van der Waals surface area (Å²) in [5.41, 5.74) is 1.09. The van der Waals surface area contributed by atoms with Crippen molar-refractivity contribution in [1.29, 1.82) is 0 Å². The van der Waals surface area contributed by atoms with Gasteiger partial charge in [0.05, 0.1) is 0 Å². The molecule has 0 aliphatic heterocycles.